The number of amides is 1. The minimum Gasteiger partial charge on any atom is -0.368 e. The highest BCUT2D eigenvalue weighted by Gasteiger charge is 2.07. The van der Waals surface area contributed by atoms with Gasteiger partial charge >= 0.3 is 0 Å². The summed E-state index contributed by atoms with van der Waals surface area (Å²) in [7, 11) is 0. The van der Waals surface area contributed by atoms with Gasteiger partial charge in [-0.2, -0.15) is 4.98 Å². The molecule has 0 spiro atoms. The standard InChI is InChI=1S/C7H12N4O2/c1-5(7(8)12)9-3-2-6-10-4-11-13-6/h4-5,9H,2-3H2,1H3,(H2,8,12). The van der Waals surface area contributed by atoms with Crippen molar-refractivity contribution < 1.29 is 9.32 Å². The summed E-state index contributed by atoms with van der Waals surface area (Å²) in [4.78, 5) is 14.4. The van der Waals surface area contributed by atoms with Crippen molar-refractivity contribution in [2.75, 3.05) is 6.54 Å². The van der Waals surface area contributed by atoms with Gasteiger partial charge in [-0.3, -0.25) is 4.79 Å². The van der Waals surface area contributed by atoms with Crippen LogP contribution in [0.4, 0.5) is 0 Å². The van der Waals surface area contributed by atoms with E-state index in [2.05, 4.69) is 15.5 Å². The first-order valence-corrected chi connectivity index (χ1v) is 3.98. The number of carbonyl (C=O) groups is 1. The Balaban J connectivity index is 2.18. The third kappa shape index (κ3) is 3.20. The summed E-state index contributed by atoms with van der Waals surface area (Å²) >= 11 is 0. The van der Waals surface area contributed by atoms with Crippen LogP contribution in [0.1, 0.15) is 12.8 Å². The van der Waals surface area contributed by atoms with Gasteiger partial charge in [0.1, 0.15) is 0 Å². The van der Waals surface area contributed by atoms with E-state index in [1.54, 1.807) is 6.92 Å². The van der Waals surface area contributed by atoms with E-state index in [0.717, 1.165) is 0 Å². The number of rotatable bonds is 5. The van der Waals surface area contributed by atoms with Crippen molar-refractivity contribution in [1.29, 1.82) is 0 Å². The van der Waals surface area contributed by atoms with Gasteiger partial charge in [0.15, 0.2) is 6.33 Å². The molecule has 3 N–H and O–H groups in total. The fourth-order valence-corrected chi connectivity index (χ4v) is 0.802. The van der Waals surface area contributed by atoms with Gasteiger partial charge in [0.25, 0.3) is 0 Å². The Labute approximate surface area is 75.5 Å². The van der Waals surface area contributed by atoms with Crippen LogP contribution in [0.5, 0.6) is 0 Å². The number of hydrogen-bond donors (Lipinski definition) is 2. The van der Waals surface area contributed by atoms with E-state index in [9.17, 15) is 4.79 Å². The van der Waals surface area contributed by atoms with E-state index in [1.807, 2.05) is 0 Å². The van der Waals surface area contributed by atoms with Gasteiger partial charge in [-0.1, -0.05) is 5.16 Å². The number of primary amides is 1. The van der Waals surface area contributed by atoms with E-state index < -0.39 is 0 Å². The lowest BCUT2D eigenvalue weighted by molar-refractivity contribution is -0.119. The lowest BCUT2D eigenvalue weighted by Crippen LogP contribution is -2.39. The second-order valence-corrected chi connectivity index (χ2v) is 2.66. The first-order valence-electron chi connectivity index (χ1n) is 3.98. The molecule has 1 amide bonds. The normalized spacial score (nSPS) is 12.7. The van der Waals surface area contributed by atoms with E-state index in [4.69, 9.17) is 10.3 Å². The van der Waals surface area contributed by atoms with E-state index in [-0.39, 0.29) is 11.9 Å². The van der Waals surface area contributed by atoms with E-state index in [0.29, 0.717) is 18.9 Å². The summed E-state index contributed by atoms with van der Waals surface area (Å²) < 4.78 is 4.76. The van der Waals surface area contributed by atoms with Crippen molar-refractivity contribution in [3.63, 3.8) is 0 Å². The Morgan fingerprint density at radius 1 is 1.85 bits per heavy atom. The molecule has 13 heavy (non-hydrogen) atoms. The fourth-order valence-electron chi connectivity index (χ4n) is 0.802. The molecular weight excluding hydrogens is 172 g/mol. The summed E-state index contributed by atoms with van der Waals surface area (Å²) in [5, 5.41) is 6.37. The molecule has 72 valence electrons. The molecule has 0 radical (unpaired) electrons. The van der Waals surface area contributed by atoms with Crippen LogP contribution in [0, 0.1) is 0 Å². The Morgan fingerprint density at radius 3 is 3.15 bits per heavy atom. The minimum atomic E-state index is -0.370. The highest BCUT2D eigenvalue weighted by atomic mass is 16.5. The van der Waals surface area contributed by atoms with E-state index >= 15 is 0 Å². The summed E-state index contributed by atoms with van der Waals surface area (Å²) in [5.41, 5.74) is 5.04. The molecule has 1 rings (SSSR count). The number of nitrogens with two attached hydrogens (primary N) is 1. The van der Waals surface area contributed by atoms with Crippen LogP contribution in [-0.2, 0) is 11.2 Å². The second-order valence-electron chi connectivity index (χ2n) is 2.66. The molecule has 0 fully saturated rings. The largest absolute Gasteiger partial charge is 0.368 e. The molecule has 1 aromatic heterocycles. The lowest BCUT2D eigenvalue weighted by atomic mass is 10.3. The first-order chi connectivity index (χ1) is 6.20. The van der Waals surface area contributed by atoms with Crippen molar-refractivity contribution in [3.8, 4) is 0 Å². The monoisotopic (exact) mass is 184 g/mol. The highest BCUT2D eigenvalue weighted by Crippen LogP contribution is 1.91. The topological polar surface area (TPSA) is 94.0 Å². The average molecular weight is 184 g/mol. The summed E-state index contributed by atoms with van der Waals surface area (Å²) in [5.74, 6) is 0.176. The van der Waals surface area contributed by atoms with Crippen molar-refractivity contribution >= 4 is 5.91 Å². The molecule has 1 aromatic rings. The summed E-state index contributed by atoms with van der Waals surface area (Å²) in [6, 6.07) is -0.331. The molecule has 0 aliphatic rings. The fraction of sp³-hybridized carbons (Fsp3) is 0.571. The van der Waals surface area contributed by atoms with Crippen LogP contribution in [-0.4, -0.2) is 28.6 Å². The van der Waals surface area contributed by atoms with Crippen molar-refractivity contribution in [2.24, 2.45) is 5.73 Å². The highest BCUT2D eigenvalue weighted by molar-refractivity contribution is 5.79. The molecule has 0 aromatic carbocycles. The van der Waals surface area contributed by atoms with Gasteiger partial charge in [-0.05, 0) is 6.92 Å². The number of aromatic nitrogens is 2. The molecule has 0 bridgehead atoms. The predicted octanol–water partition coefficient (Wildman–Crippen LogP) is -0.924. The summed E-state index contributed by atoms with van der Waals surface area (Å²) in [6.07, 6.45) is 1.93. The van der Waals surface area contributed by atoms with Crippen molar-refractivity contribution in [2.45, 2.75) is 19.4 Å². The van der Waals surface area contributed by atoms with Crippen LogP contribution in [0.15, 0.2) is 10.9 Å². The molecule has 1 heterocycles. The molecule has 6 heteroatoms. The third-order valence-electron chi connectivity index (χ3n) is 1.62. The number of hydrogen-bond acceptors (Lipinski definition) is 5. The van der Waals surface area contributed by atoms with Crippen molar-refractivity contribution in [1.82, 2.24) is 15.5 Å². The lowest BCUT2D eigenvalue weighted by Gasteiger charge is -2.07. The third-order valence-corrected chi connectivity index (χ3v) is 1.62. The van der Waals surface area contributed by atoms with Crippen LogP contribution >= 0.6 is 0 Å². The zero-order valence-electron chi connectivity index (χ0n) is 7.36. The zero-order chi connectivity index (χ0) is 9.68. The minimum absolute atomic E-state index is 0.331. The van der Waals surface area contributed by atoms with Crippen LogP contribution < -0.4 is 11.1 Å². The first kappa shape index (κ1) is 9.66. The van der Waals surface area contributed by atoms with Gasteiger partial charge in [-0.15, -0.1) is 0 Å². The molecular formula is C7H12N4O2. The molecule has 1 atom stereocenters. The molecule has 0 aliphatic carbocycles. The van der Waals surface area contributed by atoms with Gasteiger partial charge in [0.05, 0.1) is 6.04 Å². The Hall–Kier alpha value is -1.43. The van der Waals surface area contributed by atoms with Crippen LogP contribution in [0.3, 0.4) is 0 Å². The Bertz CT molecular complexity index is 259. The Morgan fingerprint density at radius 2 is 2.62 bits per heavy atom. The van der Waals surface area contributed by atoms with Crippen molar-refractivity contribution in [3.05, 3.63) is 12.2 Å². The van der Waals surface area contributed by atoms with Crippen LogP contribution in [0.2, 0.25) is 0 Å². The maximum atomic E-state index is 10.6. The zero-order valence-corrected chi connectivity index (χ0v) is 7.36. The predicted molar refractivity (Wildman–Crippen MR) is 44.7 cm³/mol. The maximum absolute atomic E-state index is 10.6. The van der Waals surface area contributed by atoms with Crippen LogP contribution in [0.25, 0.3) is 0 Å². The quantitative estimate of drug-likeness (QED) is 0.617. The number of nitrogens with zero attached hydrogens (tertiary/aromatic N) is 2. The Kier molecular flexibility index (Phi) is 3.39. The smallest absolute Gasteiger partial charge is 0.234 e. The molecule has 0 saturated heterocycles. The second kappa shape index (κ2) is 4.56. The molecule has 0 saturated carbocycles. The SMILES string of the molecule is CC(NCCc1ncno1)C(N)=O. The van der Waals surface area contributed by atoms with Gasteiger partial charge < -0.3 is 15.6 Å². The number of nitrogens with one attached hydrogen (secondary N) is 1. The van der Waals surface area contributed by atoms with Gasteiger partial charge in [0, 0.05) is 13.0 Å². The van der Waals surface area contributed by atoms with E-state index in [1.165, 1.54) is 6.33 Å². The van der Waals surface area contributed by atoms with Gasteiger partial charge in [-0.25, -0.2) is 0 Å². The molecule has 1 unspecified atom stereocenters. The summed E-state index contributed by atoms with van der Waals surface area (Å²) in [6.45, 7) is 2.29. The average Bonchev–Trinajstić information content (AvgIpc) is 2.56. The molecule has 0 aliphatic heterocycles. The van der Waals surface area contributed by atoms with Gasteiger partial charge in [0.2, 0.25) is 11.8 Å². The number of carbonyl (C=O) groups excluding carboxylic acids is 1. The maximum Gasteiger partial charge on any atom is 0.234 e. The molecule has 6 nitrogen and oxygen atoms in total.